The number of nitrogens with zero attached hydrogens (tertiary/aromatic N) is 5. The van der Waals surface area contributed by atoms with E-state index in [0.717, 1.165) is 72.4 Å². The van der Waals surface area contributed by atoms with Crippen LogP contribution in [0.25, 0.3) is 22.3 Å². The minimum Gasteiger partial charge on any atom is -0.342 e. The third-order valence-corrected chi connectivity index (χ3v) is 9.12. The smallest absolute Gasteiger partial charge is 0.256 e. The lowest BCUT2D eigenvalue weighted by Crippen LogP contribution is -2.55. The predicted molar refractivity (Wildman–Crippen MR) is 149 cm³/mol. The van der Waals surface area contributed by atoms with E-state index in [1.165, 1.54) is 18.4 Å². The number of hydrogen-bond donors (Lipinski definition) is 0. The van der Waals surface area contributed by atoms with Crippen molar-refractivity contribution in [1.29, 1.82) is 0 Å². The SMILES string of the molecule is Cc1cc(-c2ccc(-c3cnn(C4CC4)c3)cc2)ccc1C1=NC2(CC2)C(=O)N1CC1CN(C(=O)C2CC2)C1. The molecule has 2 aliphatic heterocycles. The molecule has 4 fully saturated rings. The zero-order valence-electron chi connectivity index (χ0n) is 22.3. The molecular weight excluding hydrogens is 486 g/mol. The first-order valence-corrected chi connectivity index (χ1v) is 14.4. The number of amides is 2. The molecular formula is C32H33N5O2. The summed E-state index contributed by atoms with van der Waals surface area (Å²) >= 11 is 0. The molecule has 7 nitrogen and oxygen atoms in total. The van der Waals surface area contributed by atoms with Gasteiger partial charge in [0, 0.05) is 48.8 Å². The maximum Gasteiger partial charge on any atom is 0.256 e. The molecule has 3 heterocycles. The van der Waals surface area contributed by atoms with Crippen molar-refractivity contribution in [2.75, 3.05) is 19.6 Å². The van der Waals surface area contributed by atoms with Gasteiger partial charge >= 0.3 is 0 Å². The van der Waals surface area contributed by atoms with Crippen molar-refractivity contribution in [2.24, 2.45) is 16.8 Å². The van der Waals surface area contributed by atoms with Crippen molar-refractivity contribution in [2.45, 2.75) is 57.0 Å². The minimum absolute atomic E-state index is 0.147. The van der Waals surface area contributed by atoms with Crippen LogP contribution in [0.3, 0.4) is 0 Å². The Morgan fingerprint density at radius 1 is 0.949 bits per heavy atom. The summed E-state index contributed by atoms with van der Waals surface area (Å²) in [7, 11) is 0. The summed E-state index contributed by atoms with van der Waals surface area (Å²) in [4.78, 5) is 34.7. The van der Waals surface area contributed by atoms with E-state index in [-0.39, 0.29) is 11.8 Å². The lowest BCUT2D eigenvalue weighted by Gasteiger charge is -2.41. The van der Waals surface area contributed by atoms with Crippen LogP contribution in [0, 0.1) is 18.8 Å². The van der Waals surface area contributed by atoms with Crippen molar-refractivity contribution in [3.8, 4) is 22.3 Å². The second kappa shape index (κ2) is 8.38. The number of rotatable bonds is 7. The first kappa shape index (κ1) is 23.2. The molecule has 3 aliphatic carbocycles. The summed E-state index contributed by atoms with van der Waals surface area (Å²) < 4.78 is 2.09. The number of aliphatic imine (C=N–C) groups is 1. The molecule has 8 rings (SSSR count). The molecule has 0 atom stereocenters. The Hall–Kier alpha value is -3.74. The second-order valence-electron chi connectivity index (χ2n) is 12.3. The van der Waals surface area contributed by atoms with E-state index in [2.05, 4.69) is 65.4 Å². The molecule has 198 valence electrons. The normalized spacial score (nSPS) is 21.9. The van der Waals surface area contributed by atoms with E-state index < -0.39 is 5.54 Å². The van der Waals surface area contributed by atoms with E-state index in [9.17, 15) is 9.59 Å². The predicted octanol–water partition coefficient (Wildman–Crippen LogP) is 4.85. The van der Waals surface area contributed by atoms with Crippen molar-refractivity contribution in [1.82, 2.24) is 19.6 Å². The number of carbonyl (C=O) groups is 2. The average Bonchev–Trinajstić information content (AvgIpc) is 3.81. The highest BCUT2D eigenvalue weighted by molar-refractivity contribution is 6.17. The van der Waals surface area contributed by atoms with Crippen LogP contribution < -0.4 is 0 Å². The van der Waals surface area contributed by atoms with Gasteiger partial charge in [0.15, 0.2) is 0 Å². The monoisotopic (exact) mass is 519 g/mol. The molecule has 7 heteroatoms. The molecule has 1 spiro atoms. The van der Waals surface area contributed by atoms with Crippen LogP contribution in [-0.2, 0) is 9.59 Å². The van der Waals surface area contributed by atoms with E-state index in [4.69, 9.17) is 4.99 Å². The van der Waals surface area contributed by atoms with E-state index in [0.29, 0.717) is 24.4 Å². The van der Waals surface area contributed by atoms with Crippen LogP contribution in [0.5, 0.6) is 0 Å². The Morgan fingerprint density at radius 3 is 2.28 bits per heavy atom. The topological polar surface area (TPSA) is 70.8 Å². The maximum absolute atomic E-state index is 13.4. The molecule has 39 heavy (non-hydrogen) atoms. The number of aryl methyl sites for hydroxylation is 1. The summed E-state index contributed by atoms with van der Waals surface area (Å²) in [5.74, 6) is 1.85. The third kappa shape index (κ3) is 4.01. The van der Waals surface area contributed by atoms with Crippen LogP contribution in [0.2, 0.25) is 0 Å². The summed E-state index contributed by atoms with van der Waals surface area (Å²) in [6, 6.07) is 15.7. The van der Waals surface area contributed by atoms with Crippen LogP contribution >= 0.6 is 0 Å². The fraction of sp³-hybridized carbons (Fsp3) is 0.438. The Morgan fingerprint density at radius 2 is 1.64 bits per heavy atom. The minimum atomic E-state index is -0.531. The van der Waals surface area contributed by atoms with Gasteiger partial charge < -0.3 is 4.90 Å². The molecule has 0 bridgehead atoms. The van der Waals surface area contributed by atoms with Crippen LogP contribution in [0.15, 0.2) is 59.9 Å². The van der Waals surface area contributed by atoms with Gasteiger partial charge in [-0.15, -0.1) is 0 Å². The number of likely N-dealkylation sites (tertiary alicyclic amines) is 1. The molecule has 5 aliphatic rings. The van der Waals surface area contributed by atoms with Crippen LogP contribution in [0.4, 0.5) is 0 Å². The molecule has 1 aromatic heterocycles. The Labute approximate surface area is 228 Å². The lowest BCUT2D eigenvalue weighted by atomic mass is 9.96. The second-order valence-corrected chi connectivity index (χ2v) is 12.3. The number of amidine groups is 1. The van der Waals surface area contributed by atoms with Gasteiger partial charge in [-0.05, 0) is 67.7 Å². The van der Waals surface area contributed by atoms with E-state index in [1.807, 2.05) is 16.0 Å². The molecule has 0 N–H and O–H groups in total. The van der Waals surface area contributed by atoms with Crippen molar-refractivity contribution in [3.63, 3.8) is 0 Å². The van der Waals surface area contributed by atoms with Crippen molar-refractivity contribution in [3.05, 3.63) is 66.0 Å². The van der Waals surface area contributed by atoms with Gasteiger partial charge in [-0.25, -0.2) is 0 Å². The summed E-state index contributed by atoms with van der Waals surface area (Å²) in [5, 5.41) is 4.53. The first-order valence-electron chi connectivity index (χ1n) is 14.4. The summed E-state index contributed by atoms with van der Waals surface area (Å²) in [5.41, 5.74) is 6.28. The maximum atomic E-state index is 13.4. The number of benzene rings is 2. The quantitative estimate of drug-likeness (QED) is 0.448. The fourth-order valence-electron chi connectivity index (χ4n) is 6.16. The standard InChI is InChI=1S/C32H33N5O2/c1-20-14-25(22-2-4-23(5-3-22)26-15-33-37(19-26)27-9-10-27)8-11-28(20)29-34-32(12-13-32)31(39)36(29)18-21-16-35(17-21)30(38)24-6-7-24/h2-5,8,11,14-15,19,21,24,27H,6-7,9-10,12-13,16-18H2,1H3. The molecule has 2 amide bonds. The summed E-state index contributed by atoms with van der Waals surface area (Å²) in [6.07, 6.45) is 10.3. The van der Waals surface area contributed by atoms with Crippen molar-refractivity contribution < 1.29 is 9.59 Å². The molecule has 2 aromatic carbocycles. The lowest BCUT2D eigenvalue weighted by molar-refractivity contribution is -0.139. The van der Waals surface area contributed by atoms with Crippen molar-refractivity contribution >= 4 is 17.6 Å². The van der Waals surface area contributed by atoms with Crippen LogP contribution in [-0.4, -0.2) is 62.4 Å². The van der Waals surface area contributed by atoms with Gasteiger partial charge in [-0.3, -0.25) is 24.2 Å². The third-order valence-electron chi connectivity index (χ3n) is 9.12. The highest BCUT2D eigenvalue weighted by atomic mass is 16.2. The zero-order valence-corrected chi connectivity index (χ0v) is 22.3. The van der Waals surface area contributed by atoms with Crippen LogP contribution in [0.1, 0.15) is 55.7 Å². The average molecular weight is 520 g/mol. The molecule has 3 saturated carbocycles. The van der Waals surface area contributed by atoms with E-state index >= 15 is 0 Å². The Bertz CT molecular complexity index is 1520. The molecule has 1 saturated heterocycles. The highest BCUT2D eigenvalue weighted by Crippen LogP contribution is 2.47. The first-order chi connectivity index (χ1) is 19.0. The molecule has 0 radical (unpaired) electrons. The zero-order chi connectivity index (χ0) is 26.3. The molecule has 3 aromatic rings. The van der Waals surface area contributed by atoms with Gasteiger partial charge in [0.1, 0.15) is 11.4 Å². The van der Waals surface area contributed by atoms with Gasteiger partial charge in [-0.1, -0.05) is 42.5 Å². The van der Waals surface area contributed by atoms with Gasteiger partial charge in [0.25, 0.3) is 5.91 Å². The molecule has 0 unspecified atom stereocenters. The fourth-order valence-corrected chi connectivity index (χ4v) is 6.16. The van der Waals surface area contributed by atoms with Gasteiger partial charge in [0.05, 0.1) is 12.2 Å². The van der Waals surface area contributed by atoms with Gasteiger partial charge in [0.2, 0.25) is 5.91 Å². The Kier molecular flexibility index (Phi) is 4.98. The number of carbonyl (C=O) groups excluding carboxylic acids is 2. The Balaban J connectivity index is 1.00. The van der Waals surface area contributed by atoms with Gasteiger partial charge in [-0.2, -0.15) is 5.10 Å². The van der Waals surface area contributed by atoms with E-state index in [1.54, 1.807) is 0 Å². The number of hydrogen-bond acceptors (Lipinski definition) is 4. The highest BCUT2D eigenvalue weighted by Gasteiger charge is 2.58. The largest absolute Gasteiger partial charge is 0.342 e. The summed E-state index contributed by atoms with van der Waals surface area (Å²) in [6.45, 7) is 4.28. The number of aromatic nitrogens is 2.